The molecule has 0 aliphatic heterocycles. The normalized spacial score (nSPS) is 10.8. The maximum absolute atomic E-state index is 6.03. The number of hydrogen-bond acceptors (Lipinski definition) is 3. The smallest absolute Gasteiger partial charge is 0.120 e. The van der Waals surface area contributed by atoms with Gasteiger partial charge in [-0.1, -0.05) is 37.3 Å². The lowest BCUT2D eigenvalue weighted by Gasteiger charge is -2.11. The van der Waals surface area contributed by atoms with Gasteiger partial charge < -0.3 is 10.1 Å². The van der Waals surface area contributed by atoms with Crippen molar-refractivity contribution in [1.29, 1.82) is 0 Å². The van der Waals surface area contributed by atoms with Crippen LogP contribution in [0.5, 0.6) is 5.75 Å². The number of benzene rings is 2. The van der Waals surface area contributed by atoms with Gasteiger partial charge in [0.15, 0.2) is 0 Å². The van der Waals surface area contributed by atoms with Crippen molar-refractivity contribution in [3.05, 3.63) is 72.1 Å². The van der Waals surface area contributed by atoms with Gasteiger partial charge in [0.25, 0.3) is 0 Å². The summed E-state index contributed by atoms with van der Waals surface area (Å²) in [6.45, 7) is 4.44. The van der Waals surface area contributed by atoms with Gasteiger partial charge >= 0.3 is 0 Å². The number of ether oxygens (including phenoxy) is 1. The number of hydrogen-bond donors (Lipinski definition) is 1. The lowest BCUT2D eigenvalue weighted by atomic mass is 10.1. The van der Waals surface area contributed by atoms with Crippen LogP contribution in [0.4, 0.5) is 0 Å². The summed E-state index contributed by atoms with van der Waals surface area (Å²) >= 11 is 0. The molecular formula is C20H23N3O. The molecule has 0 aliphatic rings. The van der Waals surface area contributed by atoms with Gasteiger partial charge in [0.05, 0.1) is 6.20 Å². The van der Waals surface area contributed by atoms with E-state index in [1.165, 1.54) is 5.56 Å². The molecule has 0 amide bonds. The van der Waals surface area contributed by atoms with Crippen molar-refractivity contribution in [3.8, 4) is 16.9 Å². The Morgan fingerprint density at radius 1 is 1.04 bits per heavy atom. The highest BCUT2D eigenvalue weighted by Crippen LogP contribution is 2.26. The molecule has 4 nitrogen and oxygen atoms in total. The third-order valence-corrected chi connectivity index (χ3v) is 3.83. The van der Waals surface area contributed by atoms with Gasteiger partial charge in [0, 0.05) is 25.4 Å². The number of rotatable bonds is 7. The summed E-state index contributed by atoms with van der Waals surface area (Å²) in [5, 5.41) is 7.64. The van der Waals surface area contributed by atoms with Crippen LogP contribution in [0.2, 0.25) is 0 Å². The summed E-state index contributed by atoms with van der Waals surface area (Å²) in [4.78, 5) is 0. The predicted molar refractivity (Wildman–Crippen MR) is 96.8 cm³/mol. The molecule has 0 radical (unpaired) electrons. The van der Waals surface area contributed by atoms with Crippen LogP contribution < -0.4 is 10.1 Å². The highest BCUT2D eigenvalue weighted by Gasteiger charge is 2.06. The lowest BCUT2D eigenvalue weighted by Crippen LogP contribution is -2.11. The monoisotopic (exact) mass is 321 g/mol. The molecule has 1 heterocycles. The molecule has 0 spiro atoms. The van der Waals surface area contributed by atoms with Gasteiger partial charge in [-0.15, -0.1) is 0 Å². The van der Waals surface area contributed by atoms with E-state index < -0.39 is 0 Å². The first-order chi connectivity index (χ1) is 11.7. The van der Waals surface area contributed by atoms with Crippen LogP contribution in [0.3, 0.4) is 0 Å². The van der Waals surface area contributed by atoms with Crippen molar-refractivity contribution in [2.75, 3.05) is 6.54 Å². The van der Waals surface area contributed by atoms with Crippen LogP contribution in [-0.4, -0.2) is 16.3 Å². The first kappa shape index (κ1) is 16.3. The van der Waals surface area contributed by atoms with Crippen molar-refractivity contribution >= 4 is 0 Å². The molecule has 1 aromatic heterocycles. The average molecular weight is 321 g/mol. The Morgan fingerprint density at radius 3 is 2.58 bits per heavy atom. The van der Waals surface area contributed by atoms with Gasteiger partial charge in [-0.3, -0.25) is 4.68 Å². The van der Waals surface area contributed by atoms with Gasteiger partial charge in [-0.25, -0.2) is 0 Å². The van der Waals surface area contributed by atoms with Crippen molar-refractivity contribution in [2.45, 2.75) is 20.1 Å². The SMILES string of the molecule is CCNCc1cc(OCc2ccccc2)cc(-c2cnn(C)c2)c1. The molecular weight excluding hydrogens is 298 g/mol. The first-order valence-electron chi connectivity index (χ1n) is 8.25. The maximum Gasteiger partial charge on any atom is 0.120 e. The second-order valence-electron chi connectivity index (χ2n) is 5.82. The van der Waals surface area contributed by atoms with Crippen LogP contribution in [-0.2, 0) is 20.2 Å². The van der Waals surface area contributed by atoms with Crippen LogP contribution >= 0.6 is 0 Å². The molecule has 0 saturated carbocycles. The Kier molecular flexibility index (Phi) is 5.29. The minimum absolute atomic E-state index is 0.567. The summed E-state index contributed by atoms with van der Waals surface area (Å²) in [5.41, 5.74) is 4.60. The fourth-order valence-corrected chi connectivity index (χ4v) is 2.59. The fourth-order valence-electron chi connectivity index (χ4n) is 2.59. The predicted octanol–water partition coefficient (Wildman–Crippen LogP) is 3.78. The zero-order valence-electron chi connectivity index (χ0n) is 14.2. The minimum atomic E-state index is 0.567. The number of nitrogens with zero attached hydrogens (tertiary/aromatic N) is 2. The van der Waals surface area contributed by atoms with Crippen LogP contribution in [0.25, 0.3) is 11.1 Å². The molecule has 1 N–H and O–H groups in total. The van der Waals surface area contributed by atoms with E-state index >= 15 is 0 Å². The van der Waals surface area contributed by atoms with Gasteiger partial charge in [0.1, 0.15) is 12.4 Å². The Morgan fingerprint density at radius 2 is 1.88 bits per heavy atom. The molecule has 3 aromatic rings. The number of aryl methyl sites for hydroxylation is 1. The van der Waals surface area contributed by atoms with E-state index in [1.54, 1.807) is 0 Å². The Balaban J connectivity index is 1.83. The topological polar surface area (TPSA) is 39.1 Å². The van der Waals surface area contributed by atoms with Crippen molar-refractivity contribution in [1.82, 2.24) is 15.1 Å². The van der Waals surface area contributed by atoms with Gasteiger partial charge in [-0.05, 0) is 41.4 Å². The zero-order valence-corrected chi connectivity index (χ0v) is 14.2. The summed E-state index contributed by atoms with van der Waals surface area (Å²) in [7, 11) is 1.93. The standard InChI is InChI=1S/C20H23N3O/c1-3-21-12-17-9-18(19-13-22-23(2)14-19)11-20(10-17)24-15-16-7-5-4-6-8-16/h4-11,13-14,21H,3,12,15H2,1-2H3. The largest absolute Gasteiger partial charge is 0.489 e. The highest BCUT2D eigenvalue weighted by atomic mass is 16.5. The van der Waals surface area contributed by atoms with Crippen molar-refractivity contribution < 1.29 is 4.74 Å². The molecule has 4 heteroatoms. The van der Waals surface area contributed by atoms with E-state index in [-0.39, 0.29) is 0 Å². The summed E-state index contributed by atoms with van der Waals surface area (Å²) in [6.07, 6.45) is 3.90. The average Bonchev–Trinajstić information content (AvgIpc) is 3.05. The van der Waals surface area contributed by atoms with E-state index in [9.17, 15) is 0 Å². The number of nitrogens with one attached hydrogen (secondary N) is 1. The molecule has 0 unspecified atom stereocenters. The minimum Gasteiger partial charge on any atom is -0.489 e. The quantitative estimate of drug-likeness (QED) is 0.720. The molecule has 2 aromatic carbocycles. The molecule has 0 atom stereocenters. The van der Waals surface area contributed by atoms with E-state index in [1.807, 2.05) is 42.3 Å². The molecule has 124 valence electrons. The Bertz CT molecular complexity index is 781. The van der Waals surface area contributed by atoms with Gasteiger partial charge in [0.2, 0.25) is 0 Å². The van der Waals surface area contributed by atoms with Crippen molar-refractivity contribution in [2.24, 2.45) is 7.05 Å². The summed E-state index contributed by atoms with van der Waals surface area (Å²) in [5.74, 6) is 0.883. The molecule has 0 bridgehead atoms. The number of aromatic nitrogens is 2. The lowest BCUT2D eigenvalue weighted by molar-refractivity contribution is 0.306. The molecule has 0 aliphatic carbocycles. The van der Waals surface area contributed by atoms with Crippen LogP contribution in [0.15, 0.2) is 60.9 Å². The van der Waals surface area contributed by atoms with Gasteiger partial charge in [-0.2, -0.15) is 5.10 Å². The second-order valence-corrected chi connectivity index (χ2v) is 5.82. The zero-order chi connectivity index (χ0) is 16.8. The molecule has 0 saturated heterocycles. The Hall–Kier alpha value is -2.59. The fraction of sp³-hybridized carbons (Fsp3) is 0.250. The van der Waals surface area contributed by atoms with Crippen molar-refractivity contribution in [3.63, 3.8) is 0 Å². The molecule has 0 fully saturated rings. The maximum atomic E-state index is 6.03. The van der Waals surface area contributed by atoms with E-state index in [4.69, 9.17) is 4.74 Å². The molecule has 3 rings (SSSR count). The van der Waals surface area contributed by atoms with E-state index in [0.717, 1.165) is 35.5 Å². The van der Waals surface area contributed by atoms with E-state index in [0.29, 0.717) is 6.61 Å². The third kappa shape index (κ3) is 4.24. The second kappa shape index (κ2) is 7.79. The highest BCUT2D eigenvalue weighted by molar-refractivity contribution is 5.64. The summed E-state index contributed by atoms with van der Waals surface area (Å²) < 4.78 is 7.84. The first-order valence-corrected chi connectivity index (χ1v) is 8.25. The van der Waals surface area contributed by atoms with E-state index in [2.05, 4.69) is 47.7 Å². The Labute approximate surface area is 143 Å². The molecule has 24 heavy (non-hydrogen) atoms. The third-order valence-electron chi connectivity index (χ3n) is 3.83. The van der Waals surface area contributed by atoms with Crippen LogP contribution in [0, 0.1) is 0 Å². The van der Waals surface area contributed by atoms with Crippen LogP contribution in [0.1, 0.15) is 18.1 Å². The summed E-state index contributed by atoms with van der Waals surface area (Å²) in [6, 6.07) is 16.6.